The molecule has 14 heteroatoms. The van der Waals surface area contributed by atoms with Crippen LogP contribution >= 0.6 is 23.2 Å². The van der Waals surface area contributed by atoms with Crippen molar-refractivity contribution in [1.29, 1.82) is 0 Å². The average molecular weight is 1570 g/mol. The fraction of sp³-hybridized carbons (Fsp3) is 0.480. The van der Waals surface area contributed by atoms with Crippen molar-refractivity contribution in [1.82, 2.24) is 38.7 Å². The summed E-state index contributed by atoms with van der Waals surface area (Å²) in [4.78, 5) is 17.5. The van der Waals surface area contributed by atoms with Crippen LogP contribution in [0.4, 0.5) is 8.78 Å². The quantitative estimate of drug-likeness (QED) is 0.0996. The SMILES string of the molecule is Cc1cccc2cccc(CN3CCC(c4cn(CC5CO5)c5ccc(F)cc45)CC3)c12.Clc1cccc2c(C3CCN(C4Cc5cccc6cccc4c56)CC3)c[nH]c12.Clc1cccc2c(C3CCN(CC4CCCCCCC4)CC3)c[nH]c12.Fc1ccc2c(c1)c(C1CCN(CC3CCCCCCC3)CC1)cn2CC1CO1. The van der Waals surface area contributed by atoms with Gasteiger partial charge in [0.05, 0.1) is 59.6 Å². The number of fused-ring (bicyclic) bond motifs is 5. The number of para-hydroxylation sites is 2. The van der Waals surface area contributed by atoms with E-state index in [1.807, 2.05) is 24.3 Å². The van der Waals surface area contributed by atoms with Crippen LogP contribution in [0.2, 0.25) is 10.0 Å². The van der Waals surface area contributed by atoms with Crippen LogP contribution in [0.5, 0.6) is 0 Å². The number of hydrogen-bond donors (Lipinski definition) is 2. The first-order valence-electron chi connectivity index (χ1n) is 44.2. The lowest BCUT2D eigenvalue weighted by atomic mass is 9.87. The molecular weight excluding hydrogens is 1450 g/mol. The Labute approximate surface area is 684 Å². The molecule has 10 heterocycles. The second-order valence-corrected chi connectivity index (χ2v) is 36.4. The zero-order valence-corrected chi connectivity index (χ0v) is 68.8. The first kappa shape index (κ1) is 77.9. The Morgan fingerprint density at radius 3 is 1.32 bits per heavy atom. The number of benzene rings is 8. The minimum absolute atomic E-state index is 0.124. The van der Waals surface area contributed by atoms with Gasteiger partial charge >= 0.3 is 0 Å². The van der Waals surface area contributed by atoms with Crippen molar-refractivity contribution in [3.05, 3.63) is 237 Å². The summed E-state index contributed by atoms with van der Waals surface area (Å²) in [5.74, 6) is 3.90. The van der Waals surface area contributed by atoms with Gasteiger partial charge in [-0.15, -0.1) is 0 Å². The van der Waals surface area contributed by atoms with Crippen LogP contribution in [0.3, 0.4) is 0 Å². The summed E-state index contributed by atoms with van der Waals surface area (Å²) in [7, 11) is 0. The number of nitrogens with one attached hydrogen (secondary N) is 2. The Morgan fingerprint density at radius 1 is 0.404 bits per heavy atom. The third-order valence-corrected chi connectivity index (χ3v) is 28.7. The summed E-state index contributed by atoms with van der Waals surface area (Å²) < 4.78 is 43.6. The van der Waals surface area contributed by atoms with Gasteiger partial charge in [-0.1, -0.05) is 184 Å². The minimum Gasteiger partial charge on any atom is -0.371 e. The van der Waals surface area contributed by atoms with E-state index in [1.165, 1.54) is 245 Å². The normalized spacial score (nSPS) is 21.8. The molecule has 8 aromatic carbocycles. The first-order chi connectivity index (χ1) is 56.0. The summed E-state index contributed by atoms with van der Waals surface area (Å²) in [6, 6.07) is 50.3. The van der Waals surface area contributed by atoms with Crippen molar-refractivity contribution < 1.29 is 18.3 Å². The lowest BCUT2D eigenvalue weighted by Crippen LogP contribution is -2.36. The molecule has 4 aromatic heterocycles. The molecule has 3 atom stereocenters. The van der Waals surface area contributed by atoms with Gasteiger partial charge in [-0.25, -0.2) is 8.78 Å². The fourth-order valence-electron chi connectivity index (χ4n) is 21.8. The molecule has 0 bridgehead atoms. The van der Waals surface area contributed by atoms with Gasteiger partial charge in [0.25, 0.3) is 0 Å². The molecule has 6 aliphatic heterocycles. The molecular formula is C100H118Cl2F2N8O2. The molecule has 10 nitrogen and oxygen atoms in total. The zero-order chi connectivity index (χ0) is 77.0. The summed E-state index contributed by atoms with van der Waals surface area (Å²) in [6.45, 7) is 18.6. The molecule has 0 radical (unpaired) electrons. The molecule has 0 amide bonds. The van der Waals surface area contributed by atoms with Crippen molar-refractivity contribution >= 4 is 88.4 Å². The number of rotatable bonds is 15. The van der Waals surface area contributed by atoms with Gasteiger partial charge in [-0.2, -0.15) is 0 Å². The number of epoxide rings is 2. The van der Waals surface area contributed by atoms with Crippen LogP contribution < -0.4 is 0 Å². The lowest BCUT2D eigenvalue weighted by molar-refractivity contribution is 0.155. The molecule has 114 heavy (non-hydrogen) atoms. The van der Waals surface area contributed by atoms with Crippen molar-refractivity contribution in [2.45, 2.75) is 216 Å². The Balaban J connectivity index is 0.000000106. The maximum Gasteiger partial charge on any atom is 0.123 e. The number of hydrogen-bond acceptors (Lipinski definition) is 6. The number of aromatic nitrogens is 4. The third-order valence-electron chi connectivity index (χ3n) is 28.1. The molecule has 2 N–H and O–H groups in total. The Bertz CT molecular complexity index is 5220. The molecule has 8 fully saturated rings. The molecule has 2 saturated carbocycles. The highest BCUT2D eigenvalue weighted by Crippen LogP contribution is 2.46. The Morgan fingerprint density at radius 2 is 0.825 bits per heavy atom. The van der Waals surface area contributed by atoms with Crippen LogP contribution in [0.25, 0.3) is 65.2 Å². The summed E-state index contributed by atoms with van der Waals surface area (Å²) in [5, 5.41) is 12.1. The largest absolute Gasteiger partial charge is 0.371 e. The molecule has 0 spiro atoms. The number of H-pyrrole nitrogens is 2. The number of likely N-dealkylation sites (tertiary alicyclic amines) is 4. The summed E-state index contributed by atoms with van der Waals surface area (Å²) in [5.41, 5.74) is 15.9. The van der Waals surface area contributed by atoms with Gasteiger partial charge in [0.15, 0.2) is 0 Å². The molecule has 12 aromatic rings. The number of aryl methyl sites for hydroxylation is 1. The van der Waals surface area contributed by atoms with Gasteiger partial charge < -0.3 is 38.4 Å². The Kier molecular flexibility index (Phi) is 24.5. The van der Waals surface area contributed by atoms with E-state index in [0.29, 0.717) is 41.9 Å². The van der Waals surface area contributed by atoms with Crippen LogP contribution in [0, 0.1) is 30.4 Å². The standard InChI is InChI=1S/C28H29FN2O.C25H23ClN2.C25H35FN2O.C22H31ClN2/c1-19-4-2-5-21-6-3-7-22(28(19)21)15-30-12-10-20(11-13-30)26-17-31(16-24-18-32-24)27-9-8-23(29)14-25(26)27;26-22-9-3-7-19-21(15-27-25(19)22)16-10-12-28(13-11-16)23-14-18-6-1-4-17-5-2-8-20(23)24(17)18;26-21-8-9-25-23(14-21)24(17-28(25)16-22-18-29-22)20-10-12-27(13-11-20)15-19-6-4-2-1-3-5-7-19;23-21-10-6-9-19-20(15-24-22(19)21)18-11-13-25(14-12-18)16-17-7-4-2-1-3-5-8-17/h2-9,14,17,20,24H,10-13,15-16,18H2,1H3;1-9,15-16,23,27H,10-14H2;8-9,14,17,19-20,22H,1-7,10-13,15-16,18H2;6,9-10,15,17-18,24H,1-5,7-8,11-14,16H2. The molecule has 598 valence electrons. The molecule has 9 aliphatic rings. The predicted molar refractivity (Wildman–Crippen MR) is 468 cm³/mol. The second-order valence-electron chi connectivity index (χ2n) is 35.6. The topological polar surface area (TPSA) is 79.5 Å². The van der Waals surface area contributed by atoms with Crippen LogP contribution in [-0.2, 0) is 35.5 Å². The van der Waals surface area contributed by atoms with Gasteiger partial charge in [0.2, 0.25) is 0 Å². The number of halogens is 4. The minimum atomic E-state index is -0.150. The number of aromatic amines is 2. The van der Waals surface area contributed by atoms with Crippen LogP contribution in [-0.4, -0.2) is 130 Å². The van der Waals surface area contributed by atoms with E-state index >= 15 is 0 Å². The highest BCUT2D eigenvalue weighted by molar-refractivity contribution is 6.35. The average Bonchev–Trinajstić information content (AvgIpc) is 1.68. The number of piperidine rings is 4. The van der Waals surface area contributed by atoms with E-state index in [2.05, 4.69) is 167 Å². The summed E-state index contributed by atoms with van der Waals surface area (Å²) in [6.07, 6.45) is 40.6. The lowest BCUT2D eigenvalue weighted by Gasteiger charge is -2.36. The first-order valence-corrected chi connectivity index (χ1v) is 45.0. The third kappa shape index (κ3) is 17.9. The van der Waals surface area contributed by atoms with Gasteiger partial charge in [0.1, 0.15) is 11.6 Å². The molecule has 3 aliphatic carbocycles. The van der Waals surface area contributed by atoms with E-state index in [1.54, 1.807) is 24.3 Å². The van der Waals surface area contributed by atoms with Crippen molar-refractivity contribution in [2.75, 3.05) is 78.7 Å². The highest BCUT2D eigenvalue weighted by Gasteiger charge is 2.35. The predicted octanol–water partition coefficient (Wildman–Crippen LogP) is 24.6. The van der Waals surface area contributed by atoms with Crippen molar-refractivity contribution in [2.24, 2.45) is 11.8 Å². The second kappa shape index (κ2) is 35.8. The molecule has 3 unspecified atom stereocenters. The van der Waals surface area contributed by atoms with E-state index in [-0.39, 0.29) is 11.6 Å². The van der Waals surface area contributed by atoms with Gasteiger partial charge in [0, 0.05) is 83.0 Å². The fourth-order valence-corrected chi connectivity index (χ4v) is 22.2. The smallest absolute Gasteiger partial charge is 0.123 e. The highest BCUT2D eigenvalue weighted by atomic mass is 35.5. The van der Waals surface area contributed by atoms with E-state index in [4.69, 9.17) is 32.7 Å². The zero-order valence-electron chi connectivity index (χ0n) is 67.2. The summed E-state index contributed by atoms with van der Waals surface area (Å²) >= 11 is 12.7. The number of nitrogens with zero attached hydrogens (tertiary/aromatic N) is 6. The van der Waals surface area contributed by atoms with Crippen LogP contribution in [0.1, 0.15) is 215 Å². The maximum atomic E-state index is 14.1. The van der Waals surface area contributed by atoms with Crippen molar-refractivity contribution in [3.63, 3.8) is 0 Å². The molecule has 6 saturated heterocycles. The number of ether oxygens (including phenoxy) is 2. The Hall–Kier alpha value is -7.36. The maximum absolute atomic E-state index is 14.1. The monoisotopic (exact) mass is 1570 g/mol. The van der Waals surface area contributed by atoms with Crippen LogP contribution in [0.15, 0.2) is 170 Å². The van der Waals surface area contributed by atoms with E-state index < -0.39 is 0 Å². The molecule has 21 rings (SSSR count). The van der Waals surface area contributed by atoms with E-state index in [0.717, 1.165) is 133 Å². The van der Waals surface area contributed by atoms with E-state index in [9.17, 15) is 8.78 Å². The van der Waals surface area contributed by atoms with Gasteiger partial charge in [-0.3, -0.25) is 9.80 Å². The van der Waals surface area contributed by atoms with Crippen molar-refractivity contribution in [3.8, 4) is 0 Å². The van der Waals surface area contributed by atoms with Gasteiger partial charge in [-0.05, 0) is 293 Å².